The second-order valence-electron chi connectivity index (χ2n) is 8.36. The fraction of sp³-hybridized carbons (Fsp3) is 0.333. The van der Waals surface area contributed by atoms with E-state index in [0.29, 0.717) is 5.56 Å². The lowest BCUT2D eigenvalue weighted by Crippen LogP contribution is -2.45. The topological polar surface area (TPSA) is 87.8 Å². The lowest BCUT2D eigenvalue weighted by molar-refractivity contribution is -0.384. The van der Waals surface area contributed by atoms with Crippen LogP contribution in [-0.2, 0) is 0 Å². The number of rotatable bonds is 6. The van der Waals surface area contributed by atoms with Gasteiger partial charge in [0, 0.05) is 35.5 Å². The van der Waals surface area contributed by atoms with E-state index in [4.69, 9.17) is 0 Å². The van der Waals surface area contributed by atoms with Crippen molar-refractivity contribution >= 4 is 29.1 Å². The van der Waals surface area contributed by atoms with Crippen LogP contribution in [0.5, 0.6) is 0 Å². The number of nitro groups is 1. The molecule has 31 heavy (non-hydrogen) atoms. The van der Waals surface area contributed by atoms with Gasteiger partial charge in [-0.25, -0.2) is 5.43 Å². The number of fused-ring (bicyclic) bond motifs is 1. The molecule has 0 saturated carbocycles. The number of amides is 1. The number of non-ortho nitro benzene ring substituents is 1. The number of hydrazone groups is 1. The molecule has 0 saturated heterocycles. The standard InChI is InChI=1S/C24H28N4O3/c1-6-11-27-22-12-16(2)19(13-21(22)17(3)14-24(27,4)5)15-25-26-23(29)18-7-9-20(10-8-18)28(30)31/h7-10,12-15H,6,11H2,1-5H3,(H,26,29)/b25-15-. The molecule has 3 rings (SSSR count). The maximum atomic E-state index is 12.3. The summed E-state index contributed by atoms with van der Waals surface area (Å²) >= 11 is 0. The highest BCUT2D eigenvalue weighted by molar-refractivity contribution is 5.95. The van der Waals surface area contributed by atoms with Gasteiger partial charge in [-0.05, 0) is 75.1 Å². The molecule has 7 heteroatoms. The zero-order valence-corrected chi connectivity index (χ0v) is 18.6. The SMILES string of the molecule is CCCN1c2cc(C)c(/C=N\NC(=O)c3ccc([N+](=O)[O-])cc3)cc2C(C)=CC1(C)C. The molecule has 2 aromatic rings. The summed E-state index contributed by atoms with van der Waals surface area (Å²) in [6.45, 7) is 11.8. The summed E-state index contributed by atoms with van der Waals surface area (Å²) in [5.74, 6) is -0.422. The van der Waals surface area contributed by atoms with E-state index in [-0.39, 0.29) is 11.2 Å². The molecule has 0 unspecified atom stereocenters. The van der Waals surface area contributed by atoms with Gasteiger partial charge in [-0.3, -0.25) is 14.9 Å². The average molecular weight is 421 g/mol. The number of aryl methyl sites for hydroxylation is 1. The van der Waals surface area contributed by atoms with Crippen molar-refractivity contribution < 1.29 is 9.72 Å². The van der Waals surface area contributed by atoms with Crippen LogP contribution in [-0.4, -0.2) is 29.1 Å². The van der Waals surface area contributed by atoms with E-state index in [0.717, 1.165) is 24.1 Å². The minimum Gasteiger partial charge on any atom is -0.362 e. The van der Waals surface area contributed by atoms with Gasteiger partial charge in [0.2, 0.25) is 0 Å². The van der Waals surface area contributed by atoms with Crippen LogP contribution < -0.4 is 10.3 Å². The van der Waals surface area contributed by atoms with Crippen LogP contribution in [0.4, 0.5) is 11.4 Å². The molecule has 0 aromatic heterocycles. The van der Waals surface area contributed by atoms with E-state index in [9.17, 15) is 14.9 Å². The van der Waals surface area contributed by atoms with Gasteiger partial charge in [-0.15, -0.1) is 0 Å². The van der Waals surface area contributed by atoms with E-state index < -0.39 is 10.8 Å². The molecular weight excluding hydrogens is 392 g/mol. The second-order valence-corrected chi connectivity index (χ2v) is 8.36. The Morgan fingerprint density at radius 3 is 2.52 bits per heavy atom. The largest absolute Gasteiger partial charge is 0.362 e. The molecule has 0 bridgehead atoms. The lowest BCUT2D eigenvalue weighted by atomic mass is 9.87. The molecule has 2 aromatic carbocycles. The first-order valence-electron chi connectivity index (χ1n) is 10.3. The van der Waals surface area contributed by atoms with Gasteiger partial charge in [0.25, 0.3) is 11.6 Å². The molecular formula is C24H28N4O3. The van der Waals surface area contributed by atoms with Crippen molar-refractivity contribution in [3.63, 3.8) is 0 Å². The van der Waals surface area contributed by atoms with Gasteiger partial charge in [0.1, 0.15) is 0 Å². The predicted molar refractivity (Wildman–Crippen MR) is 125 cm³/mol. The number of benzene rings is 2. The minimum absolute atomic E-state index is 0.0477. The predicted octanol–water partition coefficient (Wildman–Crippen LogP) is 5.08. The van der Waals surface area contributed by atoms with Crippen molar-refractivity contribution in [2.45, 2.75) is 46.6 Å². The van der Waals surface area contributed by atoms with E-state index in [1.165, 1.54) is 41.1 Å². The highest BCUT2D eigenvalue weighted by Gasteiger charge is 2.31. The highest BCUT2D eigenvalue weighted by atomic mass is 16.6. The monoisotopic (exact) mass is 420 g/mol. The number of nitrogens with zero attached hydrogens (tertiary/aromatic N) is 3. The van der Waals surface area contributed by atoms with Crippen molar-refractivity contribution in [1.29, 1.82) is 0 Å². The number of carbonyl (C=O) groups is 1. The minimum atomic E-state index is -0.502. The van der Waals surface area contributed by atoms with Gasteiger partial charge >= 0.3 is 0 Å². The van der Waals surface area contributed by atoms with Crippen LogP contribution >= 0.6 is 0 Å². The summed E-state index contributed by atoms with van der Waals surface area (Å²) in [4.78, 5) is 24.9. The molecule has 1 N–H and O–H groups in total. The van der Waals surface area contributed by atoms with Gasteiger partial charge < -0.3 is 4.90 Å². The Hall–Kier alpha value is -3.48. The third kappa shape index (κ3) is 4.66. The van der Waals surface area contributed by atoms with Crippen LogP contribution in [0.3, 0.4) is 0 Å². The Labute approximate surface area is 182 Å². The lowest BCUT2D eigenvalue weighted by Gasteiger charge is -2.43. The molecule has 0 radical (unpaired) electrons. The quantitative estimate of drug-likeness (QED) is 0.401. The second kappa shape index (κ2) is 8.71. The summed E-state index contributed by atoms with van der Waals surface area (Å²) in [7, 11) is 0. The molecule has 1 aliphatic rings. The molecule has 162 valence electrons. The van der Waals surface area contributed by atoms with Gasteiger partial charge in [0.05, 0.1) is 16.7 Å². The summed E-state index contributed by atoms with van der Waals surface area (Å²) in [6.07, 6.45) is 4.99. The van der Waals surface area contributed by atoms with E-state index in [1.54, 1.807) is 6.21 Å². The summed E-state index contributed by atoms with van der Waals surface area (Å²) in [6, 6.07) is 9.70. The van der Waals surface area contributed by atoms with E-state index in [2.05, 4.69) is 61.3 Å². The Kier molecular flexibility index (Phi) is 6.24. The molecule has 0 aliphatic carbocycles. The van der Waals surface area contributed by atoms with Crippen LogP contribution in [0, 0.1) is 17.0 Å². The van der Waals surface area contributed by atoms with Gasteiger partial charge in [-0.1, -0.05) is 13.0 Å². The van der Waals surface area contributed by atoms with Crippen molar-refractivity contribution in [3.05, 3.63) is 74.8 Å². The zero-order chi connectivity index (χ0) is 22.8. The molecule has 1 aliphatic heterocycles. The molecule has 7 nitrogen and oxygen atoms in total. The number of hydrogen-bond acceptors (Lipinski definition) is 5. The number of nitrogens with one attached hydrogen (secondary N) is 1. The Morgan fingerprint density at radius 2 is 1.90 bits per heavy atom. The van der Waals surface area contributed by atoms with Crippen molar-refractivity contribution in [2.24, 2.45) is 5.10 Å². The number of nitro benzene ring substituents is 1. The maximum Gasteiger partial charge on any atom is 0.271 e. The van der Waals surface area contributed by atoms with Crippen LogP contribution in [0.25, 0.3) is 5.57 Å². The molecule has 0 atom stereocenters. The first-order valence-corrected chi connectivity index (χ1v) is 10.3. The first-order chi connectivity index (χ1) is 14.6. The fourth-order valence-electron chi connectivity index (χ4n) is 3.98. The number of anilines is 1. The van der Waals surface area contributed by atoms with Crippen molar-refractivity contribution in [3.8, 4) is 0 Å². The zero-order valence-electron chi connectivity index (χ0n) is 18.6. The molecule has 0 fully saturated rings. The highest BCUT2D eigenvalue weighted by Crippen LogP contribution is 2.40. The first kappa shape index (κ1) is 22.2. The molecule has 1 heterocycles. The summed E-state index contributed by atoms with van der Waals surface area (Å²) in [5.41, 5.74) is 8.29. The van der Waals surface area contributed by atoms with Gasteiger partial charge in [-0.2, -0.15) is 5.10 Å². The number of carbonyl (C=O) groups excluding carboxylic acids is 1. The Morgan fingerprint density at radius 1 is 1.23 bits per heavy atom. The van der Waals surface area contributed by atoms with Crippen LogP contribution in [0.15, 0.2) is 47.6 Å². The van der Waals surface area contributed by atoms with Crippen molar-refractivity contribution in [2.75, 3.05) is 11.4 Å². The fourth-order valence-corrected chi connectivity index (χ4v) is 3.98. The Balaban J connectivity index is 1.81. The normalized spacial score (nSPS) is 14.9. The van der Waals surface area contributed by atoms with E-state index in [1.807, 2.05) is 6.92 Å². The van der Waals surface area contributed by atoms with Crippen molar-refractivity contribution in [1.82, 2.24) is 5.43 Å². The average Bonchev–Trinajstić information content (AvgIpc) is 2.71. The third-order valence-electron chi connectivity index (χ3n) is 5.52. The molecule has 0 spiro atoms. The summed E-state index contributed by atoms with van der Waals surface area (Å²) < 4.78 is 0. The third-order valence-corrected chi connectivity index (χ3v) is 5.52. The number of hydrogen-bond donors (Lipinski definition) is 1. The van der Waals surface area contributed by atoms with Gasteiger partial charge in [0.15, 0.2) is 0 Å². The summed E-state index contributed by atoms with van der Waals surface area (Å²) in [5, 5.41) is 14.8. The van der Waals surface area contributed by atoms with Crippen LogP contribution in [0.2, 0.25) is 0 Å². The van der Waals surface area contributed by atoms with E-state index >= 15 is 0 Å². The Bertz CT molecular complexity index is 1070. The molecule has 1 amide bonds. The smallest absolute Gasteiger partial charge is 0.271 e. The maximum absolute atomic E-state index is 12.3. The number of allylic oxidation sites excluding steroid dienone is 1. The van der Waals surface area contributed by atoms with Crippen LogP contribution in [0.1, 0.15) is 61.2 Å².